The number of piperidine rings is 1. The number of methoxy groups -OCH3 is 1. The van der Waals surface area contributed by atoms with Gasteiger partial charge >= 0.3 is 0 Å². The third-order valence-corrected chi connectivity index (χ3v) is 5.30. The molecule has 2 aliphatic heterocycles. The number of carbonyl (C=O) groups excluding carboxylic acids is 2. The average Bonchev–Trinajstić information content (AvgIpc) is 2.68. The lowest BCUT2D eigenvalue weighted by Crippen LogP contribution is -2.55. The molecule has 3 rings (SSSR count). The third kappa shape index (κ3) is 4.27. The highest BCUT2D eigenvalue weighted by Crippen LogP contribution is 2.22. The number of amides is 2. The Morgan fingerprint density at radius 2 is 1.92 bits per heavy atom. The zero-order valence-corrected chi connectivity index (χ0v) is 15.4. The van der Waals surface area contributed by atoms with E-state index in [-0.39, 0.29) is 11.8 Å². The molecule has 1 aromatic rings. The van der Waals surface area contributed by atoms with Gasteiger partial charge in [0.25, 0.3) is 0 Å². The van der Waals surface area contributed by atoms with Crippen molar-refractivity contribution in [2.45, 2.75) is 25.3 Å². The van der Waals surface area contributed by atoms with E-state index in [1.54, 1.807) is 12.0 Å². The zero-order chi connectivity index (χ0) is 18.5. The van der Waals surface area contributed by atoms with E-state index in [4.69, 9.17) is 10.5 Å². The summed E-state index contributed by atoms with van der Waals surface area (Å²) in [6.07, 6.45) is 2.58. The lowest BCUT2D eigenvalue weighted by atomic mass is 10.0. The van der Waals surface area contributed by atoms with Crippen LogP contribution in [0.2, 0.25) is 0 Å². The molecule has 2 aliphatic rings. The summed E-state index contributed by atoms with van der Waals surface area (Å²) in [5.74, 6) is 0.479. The number of hydrogen-bond donors (Lipinski definition) is 1. The van der Waals surface area contributed by atoms with Gasteiger partial charge in [0.15, 0.2) is 0 Å². The van der Waals surface area contributed by atoms with Crippen molar-refractivity contribution in [2.75, 3.05) is 51.3 Å². The summed E-state index contributed by atoms with van der Waals surface area (Å²) in [6.45, 7) is 4.35. The van der Waals surface area contributed by atoms with Crippen LogP contribution in [0.3, 0.4) is 0 Å². The Bertz CT molecular complexity index is 643. The van der Waals surface area contributed by atoms with Crippen LogP contribution >= 0.6 is 0 Å². The second-order valence-corrected chi connectivity index (χ2v) is 6.97. The molecule has 1 atom stereocenters. The van der Waals surface area contributed by atoms with Gasteiger partial charge in [-0.3, -0.25) is 14.5 Å². The minimum Gasteiger partial charge on any atom is -0.497 e. The smallest absolute Gasteiger partial charge is 0.240 e. The van der Waals surface area contributed by atoms with Crippen LogP contribution in [0.25, 0.3) is 0 Å². The van der Waals surface area contributed by atoms with Gasteiger partial charge in [-0.1, -0.05) is 6.07 Å². The lowest BCUT2D eigenvalue weighted by molar-refractivity contribution is -0.142. The largest absolute Gasteiger partial charge is 0.497 e. The number of anilines is 1. The molecule has 0 saturated carbocycles. The van der Waals surface area contributed by atoms with Crippen LogP contribution in [0.5, 0.6) is 5.75 Å². The number of ether oxygens (including phenoxy) is 1. The van der Waals surface area contributed by atoms with Crippen LogP contribution in [0, 0.1) is 0 Å². The first-order chi connectivity index (χ1) is 12.6. The molecule has 0 radical (unpaired) electrons. The van der Waals surface area contributed by atoms with Crippen molar-refractivity contribution in [1.29, 1.82) is 0 Å². The van der Waals surface area contributed by atoms with Gasteiger partial charge in [0, 0.05) is 44.5 Å². The van der Waals surface area contributed by atoms with Gasteiger partial charge in [0.1, 0.15) is 11.8 Å². The molecule has 0 unspecified atom stereocenters. The van der Waals surface area contributed by atoms with E-state index >= 15 is 0 Å². The molecule has 2 N–H and O–H groups in total. The predicted octanol–water partition coefficient (Wildman–Crippen LogP) is 0.684. The molecule has 26 heavy (non-hydrogen) atoms. The Hall–Kier alpha value is -2.28. The van der Waals surface area contributed by atoms with E-state index in [1.807, 2.05) is 18.2 Å². The topological polar surface area (TPSA) is 79.1 Å². The van der Waals surface area contributed by atoms with Crippen LogP contribution < -0.4 is 15.4 Å². The van der Waals surface area contributed by atoms with Crippen molar-refractivity contribution in [2.24, 2.45) is 5.73 Å². The molecule has 0 aromatic heterocycles. The molecule has 7 nitrogen and oxygen atoms in total. The molecule has 0 aliphatic carbocycles. The van der Waals surface area contributed by atoms with Crippen molar-refractivity contribution >= 4 is 17.5 Å². The molecular formula is C19H28N4O3. The fraction of sp³-hybridized carbons (Fsp3) is 0.579. The normalized spacial score (nSPS) is 21.5. The molecule has 142 valence electrons. The maximum absolute atomic E-state index is 12.7. The summed E-state index contributed by atoms with van der Waals surface area (Å²) in [6, 6.07) is 7.60. The van der Waals surface area contributed by atoms with E-state index in [0.29, 0.717) is 19.5 Å². The summed E-state index contributed by atoms with van der Waals surface area (Å²) < 4.78 is 5.29. The molecule has 7 heteroatoms. The maximum Gasteiger partial charge on any atom is 0.240 e. The highest BCUT2D eigenvalue weighted by molar-refractivity contribution is 5.87. The van der Waals surface area contributed by atoms with Crippen molar-refractivity contribution in [3.63, 3.8) is 0 Å². The Balaban J connectivity index is 1.53. The van der Waals surface area contributed by atoms with Gasteiger partial charge < -0.3 is 20.3 Å². The molecule has 2 amide bonds. The first kappa shape index (κ1) is 18.5. The van der Waals surface area contributed by atoms with Crippen molar-refractivity contribution in [3.05, 3.63) is 24.3 Å². The van der Waals surface area contributed by atoms with Crippen LogP contribution in [0.1, 0.15) is 19.3 Å². The number of nitrogens with two attached hydrogens (primary N) is 1. The maximum atomic E-state index is 12.7. The highest BCUT2D eigenvalue weighted by atomic mass is 16.5. The van der Waals surface area contributed by atoms with Crippen molar-refractivity contribution in [3.8, 4) is 5.75 Å². The van der Waals surface area contributed by atoms with Gasteiger partial charge in [0.05, 0.1) is 13.7 Å². The van der Waals surface area contributed by atoms with E-state index in [0.717, 1.165) is 50.5 Å². The Morgan fingerprint density at radius 3 is 2.62 bits per heavy atom. The van der Waals surface area contributed by atoms with Crippen molar-refractivity contribution < 1.29 is 14.3 Å². The molecule has 2 fully saturated rings. The number of likely N-dealkylation sites (tertiary alicyclic amines) is 1. The van der Waals surface area contributed by atoms with E-state index in [2.05, 4.69) is 15.9 Å². The summed E-state index contributed by atoms with van der Waals surface area (Å²) >= 11 is 0. The monoisotopic (exact) mass is 360 g/mol. The fourth-order valence-electron chi connectivity index (χ4n) is 3.78. The molecule has 2 heterocycles. The average molecular weight is 360 g/mol. The SMILES string of the molecule is COc1cccc(N2CCN(CC(=O)N3CCCC[C@H]3C(N)=O)CC2)c1. The number of rotatable bonds is 5. The third-order valence-electron chi connectivity index (χ3n) is 5.30. The van der Waals surface area contributed by atoms with E-state index in [9.17, 15) is 9.59 Å². The number of carbonyl (C=O) groups is 2. The van der Waals surface area contributed by atoms with Gasteiger partial charge in [-0.2, -0.15) is 0 Å². The molecule has 2 saturated heterocycles. The van der Waals surface area contributed by atoms with Crippen LogP contribution in [0.4, 0.5) is 5.69 Å². The summed E-state index contributed by atoms with van der Waals surface area (Å²) in [7, 11) is 1.67. The Kier molecular flexibility index (Phi) is 5.98. The molecule has 1 aromatic carbocycles. The van der Waals surface area contributed by atoms with Gasteiger partial charge in [0.2, 0.25) is 11.8 Å². The first-order valence-electron chi connectivity index (χ1n) is 9.28. The Labute approximate surface area is 154 Å². The number of primary amides is 1. The number of piperazine rings is 1. The molecular weight excluding hydrogens is 332 g/mol. The summed E-state index contributed by atoms with van der Waals surface area (Å²) in [5, 5.41) is 0. The van der Waals surface area contributed by atoms with E-state index < -0.39 is 6.04 Å². The van der Waals surface area contributed by atoms with Crippen molar-refractivity contribution in [1.82, 2.24) is 9.80 Å². The second-order valence-electron chi connectivity index (χ2n) is 6.97. The highest BCUT2D eigenvalue weighted by Gasteiger charge is 2.31. The first-order valence-corrected chi connectivity index (χ1v) is 9.28. The van der Waals surface area contributed by atoms with Gasteiger partial charge in [-0.15, -0.1) is 0 Å². The lowest BCUT2D eigenvalue weighted by Gasteiger charge is -2.38. The minimum absolute atomic E-state index is 0.0170. The van der Waals surface area contributed by atoms with Crippen LogP contribution in [-0.4, -0.2) is 74.0 Å². The second kappa shape index (κ2) is 8.40. The number of hydrogen-bond acceptors (Lipinski definition) is 5. The quantitative estimate of drug-likeness (QED) is 0.836. The summed E-state index contributed by atoms with van der Waals surface area (Å²) in [5.41, 5.74) is 6.61. The van der Waals surface area contributed by atoms with Crippen LogP contribution in [0.15, 0.2) is 24.3 Å². The van der Waals surface area contributed by atoms with Gasteiger partial charge in [-0.05, 0) is 31.4 Å². The van der Waals surface area contributed by atoms with E-state index in [1.165, 1.54) is 0 Å². The number of benzene rings is 1. The standard InChI is InChI=1S/C19H28N4O3/c1-26-16-6-4-5-15(13-16)22-11-9-21(10-12-22)14-18(24)23-8-3-2-7-17(23)19(20)25/h4-6,13,17H,2-3,7-12,14H2,1H3,(H2,20,25)/t17-/m0/s1. The summed E-state index contributed by atoms with van der Waals surface area (Å²) in [4.78, 5) is 30.4. The zero-order valence-electron chi connectivity index (χ0n) is 15.4. The minimum atomic E-state index is -0.436. The van der Waals surface area contributed by atoms with Gasteiger partial charge in [-0.25, -0.2) is 0 Å². The predicted molar refractivity (Wildman–Crippen MR) is 100 cm³/mol. The van der Waals surface area contributed by atoms with Crippen LogP contribution in [-0.2, 0) is 9.59 Å². The Morgan fingerprint density at radius 1 is 1.15 bits per heavy atom. The number of nitrogens with zero attached hydrogens (tertiary/aromatic N) is 3. The molecule has 0 spiro atoms. The fourth-order valence-corrected chi connectivity index (χ4v) is 3.78. The molecule has 0 bridgehead atoms.